The van der Waals surface area contributed by atoms with Crippen LogP contribution in [-0.2, 0) is 6.42 Å². The number of nitrogens with zero attached hydrogens (tertiary/aromatic N) is 1. The third kappa shape index (κ3) is 4.31. The van der Waals surface area contributed by atoms with Crippen LogP contribution in [0.15, 0.2) is 30.3 Å². The number of aromatic amines is 1. The molecule has 112 valence electrons. The zero-order valence-electron chi connectivity index (χ0n) is 11.8. The van der Waals surface area contributed by atoms with E-state index in [0.29, 0.717) is 16.3 Å². The van der Waals surface area contributed by atoms with Gasteiger partial charge in [0.1, 0.15) is 5.69 Å². The summed E-state index contributed by atoms with van der Waals surface area (Å²) in [6, 6.07) is 8.59. The fourth-order valence-electron chi connectivity index (χ4n) is 1.96. The van der Waals surface area contributed by atoms with E-state index in [0.717, 1.165) is 18.5 Å². The second-order valence-electron chi connectivity index (χ2n) is 4.81. The molecule has 0 saturated heterocycles. The van der Waals surface area contributed by atoms with Gasteiger partial charge in [0.15, 0.2) is 0 Å². The number of rotatable bonds is 6. The van der Waals surface area contributed by atoms with E-state index in [9.17, 15) is 9.90 Å². The maximum absolute atomic E-state index is 11.9. The average Bonchev–Trinajstić information content (AvgIpc) is 2.94. The molecule has 0 saturated carbocycles. The lowest BCUT2D eigenvalue weighted by Gasteiger charge is -2.11. The van der Waals surface area contributed by atoms with Crippen molar-refractivity contribution in [3.05, 3.63) is 52.3 Å². The summed E-state index contributed by atoms with van der Waals surface area (Å²) in [5.74, 6) is -0.304. The fourth-order valence-corrected chi connectivity index (χ4v) is 2.08. The Morgan fingerprint density at radius 3 is 2.81 bits per heavy atom. The number of carbonyl (C=O) groups excluding carboxylic acids is 1. The summed E-state index contributed by atoms with van der Waals surface area (Å²) in [7, 11) is 0. The van der Waals surface area contributed by atoms with E-state index in [1.54, 1.807) is 30.3 Å². The Labute approximate surface area is 128 Å². The molecule has 0 aliphatic rings. The quantitative estimate of drug-likeness (QED) is 0.767. The van der Waals surface area contributed by atoms with Crippen LogP contribution in [0, 0.1) is 0 Å². The van der Waals surface area contributed by atoms with Gasteiger partial charge in [-0.1, -0.05) is 37.1 Å². The Bertz CT molecular complexity index is 595. The second kappa shape index (κ2) is 7.24. The first-order valence-electron chi connectivity index (χ1n) is 6.86. The highest BCUT2D eigenvalue weighted by molar-refractivity contribution is 6.30. The molecule has 1 amide bonds. The van der Waals surface area contributed by atoms with Crippen molar-refractivity contribution in [1.29, 1.82) is 0 Å². The maximum Gasteiger partial charge on any atom is 0.271 e. The van der Waals surface area contributed by atoms with Gasteiger partial charge in [-0.3, -0.25) is 9.89 Å². The predicted octanol–water partition coefficient (Wildman–Crippen LogP) is 2.48. The monoisotopic (exact) mass is 307 g/mol. The molecule has 2 aromatic rings. The van der Waals surface area contributed by atoms with Crippen molar-refractivity contribution >= 4 is 17.5 Å². The lowest BCUT2D eigenvalue weighted by Crippen LogP contribution is -2.28. The third-order valence-corrected chi connectivity index (χ3v) is 3.35. The van der Waals surface area contributed by atoms with Crippen LogP contribution < -0.4 is 5.32 Å². The summed E-state index contributed by atoms with van der Waals surface area (Å²) in [5.41, 5.74) is 1.97. The minimum absolute atomic E-state index is 0.121. The molecule has 5 nitrogen and oxygen atoms in total. The third-order valence-electron chi connectivity index (χ3n) is 3.09. The summed E-state index contributed by atoms with van der Waals surface area (Å²) in [4.78, 5) is 11.9. The number of aliphatic hydroxyl groups is 1. The summed E-state index contributed by atoms with van der Waals surface area (Å²) >= 11 is 5.79. The van der Waals surface area contributed by atoms with Crippen LogP contribution >= 0.6 is 11.6 Å². The molecule has 0 bridgehead atoms. The first-order valence-corrected chi connectivity index (χ1v) is 7.24. The molecule has 1 unspecified atom stereocenters. The molecule has 6 heteroatoms. The van der Waals surface area contributed by atoms with Crippen molar-refractivity contribution in [2.75, 3.05) is 6.54 Å². The van der Waals surface area contributed by atoms with Crippen molar-refractivity contribution in [3.8, 4) is 0 Å². The highest BCUT2D eigenvalue weighted by Crippen LogP contribution is 2.15. The lowest BCUT2D eigenvalue weighted by molar-refractivity contribution is 0.0911. The number of benzene rings is 1. The lowest BCUT2D eigenvalue weighted by atomic mass is 10.1. The normalized spacial score (nSPS) is 12.1. The van der Waals surface area contributed by atoms with Crippen molar-refractivity contribution < 1.29 is 9.90 Å². The second-order valence-corrected chi connectivity index (χ2v) is 5.24. The van der Waals surface area contributed by atoms with E-state index in [2.05, 4.69) is 22.4 Å². The van der Waals surface area contributed by atoms with Crippen LogP contribution in [0.3, 0.4) is 0 Å². The summed E-state index contributed by atoms with van der Waals surface area (Å²) in [5, 5.41) is 20.1. The van der Waals surface area contributed by atoms with Gasteiger partial charge in [0.2, 0.25) is 0 Å². The molecule has 0 fully saturated rings. The average molecular weight is 308 g/mol. The zero-order valence-corrected chi connectivity index (χ0v) is 12.5. The Hall–Kier alpha value is -1.85. The first kappa shape index (κ1) is 15.5. The molecular formula is C15H18ClN3O2. The van der Waals surface area contributed by atoms with Gasteiger partial charge in [-0.15, -0.1) is 0 Å². The molecule has 1 aromatic heterocycles. The molecule has 3 N–H and O–H groups in total. The Morgan fingerprint density at radius 2 is 2.14 bits per heavy atom. The topological polar surface area (TPSA) is 78.0 Å². The van der Waals surface area contributed by atoms with Gasteiger partial charge < -0.3 is 10.4 Å². The van der Waals surface area contributed by atoms with Gasteiger partial charge in [0, 0.05) is 17.3 Å². The molecule has 1 atom stereocenters. The summed E-state index contributed by atoms with van der Waals surface area (Å²) in [6.45, 7) is 2.18. The number of amides is 1. The van der Waals surface area contributed by atoms with E-state index >= 15 is 0 Å². The van der Waals surface area contributed by atoms with Crippen LogP contribution in [0.5, 0.6) is 0 Å². The standard InChI is InChI=1S/C15H18ClN3O2/c1-2-3-12-8-13(19-18-12)15(21)17-9-14(20)10-4-6-11(16)7-5-10/h4-8,14,20H,2-3,9H2,1H3,(H,17,21)(H,18,19). The zero-order chi connectivity index (χ0) is 15.2. The van der Waals surface area contributed by atoms with E-state index in [-0.39, 0.29) is 12.5 Å². The van der Waals surface area contributed by atoms with E-state index in [1.807, 2.05) is 0 Å². The molecule has 2 rings (SSSR count). The number of aryl methyl sites for hydroxylation is 1. The van der Waals surface area contributed by atoms with Gasteiger partial charge in [-0.2, -0.15) is 5.10 Å². The van der Waals surface area contributed by atoms with E-state index < -0.39 is 6.10 Å². The number of aliphatic hydroxyl groups excluding tert-OH is 1. The Morgan fingerprint density at radius 1 is 1.43 bits per heavy atom. The number of hydrogen-bond donors (Lipinski definition) is 3. The largest absolute Gasteiger partial charge is 0.387 e. The molecule has 0 spiro atoms. The molecule has 1 heterocycles. The van der Waals surface area contributed by atoms with Crippen LogP contribution in [-0.4, -0.2) is 27.8 Å². The number of H-pyrrole nitrogens is 1. The summed E-state index contributed by atoms with van der Waals surface area (Å²) < 4.78 is 0. The molecular weight excluding hydrogens is 290 g/mol. The van der Waals surface area contributed by atoms with Crippen molar-refractivity contribution in [2.24, 2.45) is 0 Å². The number of aromatic nitrogens is 2. The van der Waals surface area contributed by atoms with Crippen molar-refractivity contribution in [2.45, 2.75) is 25.9 Å². The number of hydrogen-bond acceptors (Lipinski definition) is 3. The smallest absolute Gasteiger partial charge is 0.271 e. The molecule has 0 radical (unpaired) electrons. The van der Waals surface area contributed by atoms with Crippen LogP contribution in [0.1, 0.15) is 41.2 Å². The van der Waals surface area contributed by atoms with Gasteiger partial charge in [-0.05, 0) is 30.2 Å². The predicted molar refractivity (Wildman–Crippen MR) is 81.3 cm³/mol. The maximum atomic E-state index is 11.9. The van der Waals surface area contributed by atoms with Gasteiger partial charge >= 0.3 is 0 Å². The highest BCUT2D eigenvalue weighted by atomic mass is 35.5. The van der Waals surface area contributed by atoms with E-state index in [1.165, 1.54) is 0 Å². The van der Waals surface area contributed by atoms with Crippen molar-refractivity contribution in [1.82, 2.24) is 15.5 Å². The van der Waals surface area contributed by atoms with Crippen LogP contribution in [0.25, 0.3) is 0 Å². The number of nitrogens with one attached hydrogen (secondary N) is 2. The molecule has 21 heavy (non-hydrogen) atoms. The van der Waals surface area contributed by atoms with Crippen LogP contribution in [0.4, 0.5) is 0 Å². The van der Waals surface area contributed by atoms with Crippen molar-refractivity contribution in [3.63, 3.8) is 0 Å². The Kier molecular flexibility index (Phi) is 5.36. The minimum Gasteiger partial charge on any atom is -0.387 e. The number of halogens is 1. The Balaban J connectivity index is 1.89. The number of carbonyl (C=O) groups is 1. The minimum atomic E-state index is -0.778. The highest BCUT2D eigenvalue weighted by Gasteiger charge is 2.13. The van der Waals surface area contributed by atoms with Gasteiger partial charge in [-0.25, -0.2) is 0 Å². The molecule has 0 aliphatic heterocycles. The SMILES string of the molecule is CCCc1cc(C(=O)NCC(O)c2ccc(Cl)cc2)n[nH]1. The van der Waals surface area contributed by atoms with Gasteiger partial charge in [0.25, 0.3) is 5.91 Å². The molecule has 0 aliphatic carbocycles. The molecule has 1 aromatic carbocycles. The summed E-state index contributed by atoms with van der Waals surface area (Å²) in [6.07, 6.45) is 1.06. The van der Waals surface area contributed by atoms with Crippen LogP contribution in [0.2, 0.25) is 5.02 Å². The van der Waals surface area contributed by atoms with E-state index in [4.69, 9.17) is 11.6 Å². The fraction of sp³-hybridized carbons (Fsp3) is 0.333. The van der Waals surface area contributed by atoms with Gasteiger partial charge in [0.05, 0.1) is 6.10 Å². The first-order chi connectivity index (χ1) is 10.1.